The summed E-state index contributed by atoms with van der Waals surface area (Å²) in [4.78, 5) is 11.2. The smallest absolute Gasteiger partial charge is 0.302 e. The molecule has 3 aliphatic rings. The van der Waals surface area contributed by atoms with E-state index in [2.05, 4.69) is 30.3 Å². The Morgan fingerprint density at radius 2 is 1.97 bits per heavy atom. The van der Waals surface area contributed by atoms with Gasteiger partial charge in [-0.15, -0.1) is 0 Å². The topological polar surface area (TPSA) is 44.8 Å². The number of carbonyl (C=O) groups excluding carboxylic acids is 1. The van der Waals surface area contributed by atoms with Crippen molar-refractivity contribution in [2.24, 2.45) is 0 Å². The fraction of sp³-hybridized carbons (Fsp3) is 0.500. The van der Waals surface area contributed by atoms with Gasteiger partial charge in [0.25, 0.3) is 0 Å². The van der Waals surface area contributed by atoms with Crippen LogP contribution in [0, 0.1) is 0 Å². The van der Waals surface area contributed by atoms with Crippen molar-refractivity contribution in [2.45, 2.75) is 70.0 Å². The van der Waals surface area contributed by atoms with Gasteiger partial charge in [-0.3, -0.25) is 4.79 Å². The Hall–Kier alpha value is -2.04. The highest BCUT2D eigenvalue weighted by Crippen LogP contribution is 2.45. The summed E-state index contributed by atoms with van der Waals surface area (Å²) in [6.45, 7) is 2.41. The van der Waals surface area contributed by atoms with Gasteiger partial charge in [-0.25, -0.2) is 0 Å². The van der Waals surface area contributed by atoms with Crippen LogP contribution in [0.5, 0.6) is 5.75 Å². The third-order valence-electron chi connectivity index (χ3n) is 6.62. The molecular formula is C26H29ClO4. The highest BCUT2D eigenvalue weighted by molar-refractivity contribution is 6.33. The number of ether oxygens (including phenoxy) is 3. The Kier molecular flexibility index (Phi) is 5.94. The molecule has 164 valence electrons. The van der Waals surface area contributed by atoms with Crippen molar-refractivity contribution in [3.8, 4) is 5.75 Å². The highest BCUT2D eigenvalue weighted by atomic mass is 35.5. The van der Waals surface area contributed by atoms with Gasteiger partial charge in [0.1, 0.15) is 12.4 Å². The first-order valence-corrected chi connectivity index (χ1v) is 11.8. The second-order valence-electron chi connectivity index (χ2n) is 9.02. The molecule has 0 N–H and O–H groups in total. The Morgan fingerprint density at radius 1 is 1.16 bits per heavy atom. The van der Waals surface area contributed by atoms with Gasteiger partial charge in [-0.1, -0.05) is 41.9 Å². The summed E-state index contributed by atoms with van der Waals surface area (Å²) in [5.41, 5.74) is 6.15. The zero-order chi connectivity index (χ0) is 21.4. The fourth-order valence-corrected chi connectivity index (χ4v) is 5.12. The molecule has 0 bridgehead atoms. The van der Waals surface area contributed by atoms with Crippen molar-refractivity contribution >= 4 is 17.6 Å². The van der Waals surface area contributed by atoms with Crippen molar-refractivity contribution in [2.75, 3.05) is 13.2 Å². The normalized spacial score (nSPS) is 22.6. The average molecular weight is 441 g/mol. The van der Waals surface area contributed by atoms with E-state index in [9.17, 15) is 4.79 Å². The van der Waals surface area contributed by atoms with Crippen LogP contribution in [0.2, 0.25) is 5.02 Å². The number of benzene rings is 2. The van der Waals surface area contributed by atoms with Gasteiger partial charge >= 0.3 is 5.97 Å². The Bertz CT molecular complexity index is 964. The van der Waals surface area contributed by atoms with E-state index in [1.807, 2.05) is 0 Å². The van der Waals surface area contributed by atoms with Crippen LogP contribution in [0.25, 0.3) is 0 Å². The molecule has 5 rings (SSSR count). The lowest BCUT2D eigenvalue weighted by molar-refractivity contribution is -0.149. The van der Waals surface area contributed by atoms with Gasteiger partial charge in [-0.05, 0) is 66.7 Å². The van der Waals surface area contributed by atoms with E-state index in [1.54, 1.807) is 0 Å². The second-order valence-corrected chi connectivity index (χ2v) is 9.40. The minimum atomic E-state index is -0.263. The van der Waals surface area contributed by atoms with E-state index in [-0.39, 0.29) is 18.2 Å². The predicted molar refractivity (Wildman–Crippen MR) is 120 cm³/mol. The SMILES string of the molecule is CC(=O)OC[C@H]1CCC[C@@H](c2cc(Cc3ccc(C4CC4)cc3)c(Cl)c3c2CCO3)O1. The molecule has 2 heterocycles. The number of carbonyl (C=O) groups is 1. The van der Waals surface area contributed by atoms with Crippen LogP contribution in [-0.2, 0) is 27.1 Å². The highest BCUT2D eigenvalue weighted by Gasteiger charge is 2.31. The van der Waals surface area contributed by atoms with Crippen molar-refractivity contribution in [1.29, 1.82) is 0 Å². The first-order valence-electron chi connectivity index (χ1n) is 11.4. The van der Waals surface area contributed by atoms with Crippen molar-refractivity contribution < 1.29 is 19.0 Å². The molecule has 0 radical (unpaired) electrons. The summed E-state index contributed by atoms with van der Waals surface area (Å²) in [6.07, 6.45) is 7.11. The van der Waals surface area contributed by atoms with Crippen LogP contribution in [0.15, 0.2) is 30.3 Å². The van der Waals surface area contributed by atoms with Crippen LogP contribution in [0.1, 0.15) is 78.9 Å². The molecule has 1 saturated heterocycles. The molecule has 1 saturated carbocycles. The maximum atomic E-state index is 11.2. The van der Waals surface area contributed by atoms with Crippen molar-refractivity contribution in [1.82, 2.24) is 0 Å². The molecule has 5 heteroatoms. The predicted octanol–water partition coefficient (Wildman–Crippen LogP) is 5.92. The van der Waals surface area contributed by atoms with Gasteiger partial charge in [0.15, 0.2) is 0 Å². The molecule has 1 aliphatic carbocycles. The first kappa shape index (κ1) is 20.8. The minimum absolute atomic E-state index is 0.0157. The van der Waals surface area contributed by atoms with Gasteiger partial charge in [0.05, 0.1) is 23.8 Å². The number of halogens is 1. The fourth-order valence-electron chi connectivity index (χ4n) is 4.83. The molecule has 31 heavy (non-hydrogen) atoms. The summed E-state index contributed by atoms with van der Waals surface area (Å²) in [5, 5.41) is 0.731. The third-order valence-corrected chi connectivity index (χ3v) is 7.04. The lowest BCUT2D eigenvalue weighted by Crippen LogP contribution is -2.28. The molecule has 4 nitrogen and oxygen atoms in total. The van der Waals surface area contributed by atoms with E-state index in [0.717, 1.165) is 54.4 Å². The molecule has 2 aliphatic heterocycles. The summed E-state index contributed by atoms with van der Waals surface area (Å²) < 4.78 is 17.5. The molecule has 2 aromatic rings. The molecule has 2 atom stereocenters. The zero-order valence-electron chi connectivity index (χ0n) is 18.0. The van der Waals surface area contributed by atoms with Crippen molar-refractivity contribution in [3.05, 3.63) is 63.2 Å². The van der Waals surface area contributed by atoms with E-state index in [4.69, 9.17) is 25.8 Å². The number of esters is 1. The zero-order valence-corrected chi connectivity index (χ0v) is 18.7. The lowest BCUT2D eigenvalue weighted by atomic mass is 9.90. The summed E-state index contributed by atoms with van der Waals surface area (Å²) in [6, 6.07) is 11.2. The van der Waals surface area contributed by atoms with E-state index >= 15 is 0 Å². The average Bonchev–Trinajstić information content (AvgIpc) is 3.51. The third kappa shape index (κ3) is 4.61. The van der Waals surface area contributed by atoms with Crippen LogP contribution >= 0.6 is 11.6 Å². The molecule has 2 aromatic carbocycles. The minimum Gasteiger partial charge on any atom is -0.491 e. The van der Waals surface area contributed by atoms with Gasteiger partial charge < -0.3 is 14.2 Å². The van der Waals surface area contributed by atoms with Crippen LogP contribution < -0.4 is 4.74 Å². The van der Waals surface area contributed by atoms with Gasteiger partial charge in [0, 0.05) is 18.9 Å². The standard InChI is InChI=1S/C26H29ClO4/c1-16(28)30-15-21-3-2-4-24(31-21)23-14-20(25(27)26-22(23)11-12-29-26)13-17-5-7-18(8-6-17)19-9-10-19/h5-8,14,19,21,24H,2-4,9-13,15H2,1H3/t21-,24+/m1/s1. The Morgan fingerprint density at radius 3 is 2.71 bits per heavy atom. The van der Waals surface area contributed by atoms with Gasteiger partial charge in [-0.2, -0.15) is 0 Å². The molecule has 0 amide bonds. The molecule has 0 unspecified atom stereocenters. The quantitative estimate of drug-likeness (QED) is 0.523. The first-order chi connectivity index (χ1) is 15.1. The van der Waals surface area contributed by atoms with E-state index in [1.165, 1.54) is 42.0 Å². The summed E-state index contributed by atoms with van der Waals surface area (Å²) in [7, 11) is 0. The molecule has 0 spiro atoms. The van der Waals surface area contributed by atoms with E-state index < -0.39 is 0 Å². The molecule has 2 fully saturated rings. The van der Waals surface area contributed by atoms with Crippen LogP contribution in [0.3, 0.4) is 0 Å². The molecule has 0 aromatic heterocycles. The monoisotopic (exact) mass is 440 g/mol. The Balaban J connectivity index is 1.39. The largest absolute Gasteiger partial charge is 0.491 e. The summed E-state index contributed by atoms with van der Waals surface area (Å²) >= 11 is 6.80. The van der Waals surface area contributed by atoms with Gasteiger partial charge in [0.2, 0.25) is 0 Å². The number of hydrogen-bond donors (Lipinski definition) is 0. The maximum absolute atomic E-state index is 11.2. The number of fused-ring (bicyclic) bond motifs is 1. The number of hydrogen-bond acceptors (Lipinski definition) is 4. The van der Waals surface area contributed by atoms with Crippen LogP contribution in [-0.4, -0.2) is 25.3 Å². The van der Waals surface area contributed by atoms with Crippen molar-refractivity contribution in [3.63, 3.8) is 0 Å². The van der Waals surface area contributed by atoms with E-state index in [0.29, 0.717) is 13.2 Å². The summed E-state index contributed by atoms with van der Waals surface area (Å²) in [5.74, 6) is 1.33. The second kappa shape index (κ2) is 8.84. The molecular weight excluding hydrogens is 412 g/mol. The number of rotatable bonds is 6. The maximum Gasteiger partial charge on any atom is 0.302 e. The Labute approximate surface area is 188 Å². The lowest BCUT2D eigenvalue weighted by Gasteiger charge is -2.31. The van der Waals surface area contributed by atoms with Crippen LogP contribution in [0.4, 0.5) is 0 Å².